The second kappa shape index (κ2) is 6.80. The summed E-state index contributed by atoms with van der Waals surface area (Å²) >= 11 is 0. The van der Waals surface area contributed by atoms with Crippen LogP contribution in [0.4, 0.5) is 5.69 Å². The third-order valence-corrected chi connectivity index (χ3v) is 4.12. The molecule has 7 heteroatoms. The van der Waals surface area contributed by atoms with Crippen molar-refractivity contribution in [3.05, 3.63) is 63.2 Å². The minimum absolute atomic E-state index is 0.0273. The van der Waals surface area contributed by atoms with E-state index in [1.807, 2.05) is 25.1 Å². The number of benzene rings is 2. The lowest BCUT2D eigenvalue weighted by Crippen LogP contribution is -2.21. The van der Waals surface area contributed by atoms with E-state index in [0.29, 0.717) is 22.8 Å². The molecule has 1 atom stereocenters. The molecule has 1 aliphatic rings. The summed E-state index contributed by atoms with van der Waals surface area (Å²) in [6, 6.07) is 10.4. The van der Waals surface area contributed by atoms with Crippen LogP contribution in [0, 0.1) is 10.1 Å². The van der Waals surface area contributed by atoms with E-state index in [-0.39, 0.29) is 11.7 Å². The first-order valence-corrected chi connectivity index (χ1v) is 7.86. The second-order valence-electron chi connectivity index (χ2n) is 5.87. The van der Waals surface area contributed by atoms with Gasteiger partial charge in [0.25, 0.3) is 5.69 Å². The number of hydrazone groups is 1. The Morgan fingerprint density at radius 2 is 1.92 bits per heavy atom. The fourth-order valence-corrected chi connectivity index (χ4v) is 2.91. The van der Waals surface area contributed by atoms with Crippen LogP contribution >= 0.6 is 0 Å². The van der Waals surface area contributed by atoms with Crippen LogP contribution in [0.25, 0.3) is 0 Å². The number of nitrogens with one attached hydrogen (secondary N) is 1. The van der Waals surface area contributed by atoms with E-state index >= 15 is 0 Å². The van der Waals surface area contributed by atoms with Crippen molar-refractivity contribution in [1.29, 1.82) is 0 Å². The zero-order chi connectivity index (χ0) is 18.0. The van der Waals surface area contributed by atoms with Gasteiger partial charge in [0.05, 0.1) is 24.9 Å². The Kier molecular flexibility index (Phi) is 4.56. The summed E-state index contributed by atoms with van der Waals surface area (Å²) < 4.78 is 10.8. The highest BCUT2D eigenvalue weighted by Crippen LogP contribution is 2.33. The molecule has 0 unspecified atom stereocenters. The topological polar surface area (TPSA) is 86.0 Å². The first-order chi connectivity index (χ1) is 12.0. The molecular formula is C18H19N3O4. The summed E-state index contributed by atoms with van der Waals surface area (Å²) in [7, 11) is 3.17. The van der Waals surface area contributed by atoms with Crippen molar-refractivity contribution >= 4 is 11.4 Å². The van der Waals surface area contributed by atoms with Gasteiger partial charge in [0.2, 0.25) is 0 Å². The number of hydrogen-bond acceptors (Lipinski definition) is 6. The van der Waals surface area contributed by atoms with Crippen LogP contribution in [0.5, 0.6) is 11.5 Å². The molecule has 1 N–H and O–H groups in total. The normalized spacial score (nSPS) is 16.1. The molecule has 130 valence electrons. The molecule has 0 saturated heterocycles. The number of ether oxygens (including phenoxy) is 2. The molecule has 0 bridgehead atoms. The maximum absolute atomic E-state index is 11.1. The van der Waals surface area contributed by atoms with E-state index in [4.69, 9.17) is 9.47 Å². The first-order valence-electron chi connectivity index (χ1n) is 7.86. The minimum Gasteiger partial charge on any atom is -0.493 e. The Bertz CT molecular complexity index is 848. The molecule has 25 heavy (non-hydrogen) atoms. The van der Waals surface area contributed by atoms with Crippen LogP contribution in [0.2, 0.25) is 0 Å². The summed E-state index contributed by atoms with van der Waals surface area (Å²) in [4.78, 5) is 10.7. The number of hydrogen-bond donors (Lipinski definition) is 1. The fourth-order valence-electron chi connectivity index (χ4n) is 2.91. The van der Waals surface area contributed by atoms with Gasteiger partial charge in [0.15, 0.2) is 11.5 Å². The number of nitro benzene ring substituents is 1. The quantitative estimate of drug-likeness (QED) is 0.682. The highest BCUT2D eigenvalue weighted by Gasteiger charge is 2.22. The van der Waals surface area contributed by atoms with Crippen molar-refractivity contribution in [2.24, 2.45) is 5.10 Å². The van der Waals surface area contributed by atoms with Crippen LogP contribution in [-0.4, -0.2) is 30.9 Å². The van der Waals surface area contributed by atoms with E-state index in [1.54, 1.807) is 20.3 Å². The van der Waals surface area contributed by atoms with Gasteiger partial charge in [-0.1, -0.05) is 12.1 Å². The minimum atomic E-state index is -0.410. The molecule has 0 spiro atoms. The number of fused-ring (bicyclic) bond motifs is 1. The maximum atomic E-state index is 11.1. The molecule has 0 aromatic heterocycles. The van der Waals surface area contributed by atoms with E-state index in [1.165, 1.54) is 12.1 Å². The third kappa shape index (κ3) is 3.26. The number of methoxy groups -OCH3 is 2. The van der Waals surface area contributed by atoms with E-state index in [9.17, 15) is 10.1 Å². The molecule has 1 heterocycles. The molecule has 0 aliphatic carbocycles. The molecule has 0 amide bonds. The van der Waals surface area contributed by atoms with Crippen molar-refractivity contribution in [2.45, 2.75) is 19.4 Å². The largest absolute Gasteiger partial charge is 0.493 e. The lowest BCUT2D eigenvalue weighted by Gasteiger charge is -2.15. The zero-order valence-corrected chi connectivity index (χ0v) is 14.3. The lowest BCUT2D eigenvalue weighted by molar-refractivity contribution is -0.384. The molecule has 7 nitrogen and oxygen atoms in total. The van der Waals surface area contributed by atoms with Crippen molar-refractivity contribution in [3.63, 3.8) is 0 Å². The summed E-state index contributed by atoms with van der Waals surface area (Å²) in [5, 5.41) is 15.6. The van der Waals surface area contributed by atoms with Crippen molar-refractivity contribution < 1.29 is 14.4 Å². The van der Waals surface area contributed by atoms with Crippen LogP contribution in [0.3, 0.4) is 0 Å². The van der Waals surface area contributed by atoms with Gasteiger partial charge >= 0.3 is 0 Å². The van der Waals surface area contributed by atoms with Crippen LogP contribution in [0.1, 0.15) is 23.6 Å². The Hall–Kier alpha value is -3.09. The van der Waals surface area contributed by atoms with Gasteiger partial charge in [-0.25, -0.2) is 0 Å². The molecule has 3 rings (SSSR count). The summed E-state index contributed by atoms with van der Waals surface area (Å²) in [6.45, 7) is 2.03. The zero-order valence-electron chi connectivity index (χ0n) is 14.3. The van der Waals surface area contributed by atoms with Gasteiger partial charge in [-0.15, -0.1) is 0 Å². The number of nitrogens with zero attached hydrogens (tertiary/aromatic N) is 2. The molecule has 2 aromatic carbocycles. The molecule has 0 radical (unpaired) electrons. The van der Waals surface area contributed by atoms with Gasteiger partial charge in [-0.2, -0.15) is 5.10 Å². The molecule has 2 aromatic rings. The first kappa shape index (κ1) is 16.8. The summed E-state index contributed by atoms with van der Waals surface area (Å²) in [5.74, 6) is 1.24. The average molecular weight is 341 g/mol. The number of nitro groups is 1. The van der Waals surface area contributed by atoms with Crippen LogP contribution in [0.15, 0.2) is 41.5 Å². The van der Waals surface area contributed by atoms with Crippen molar-refractivity contribution in [3.8, 4) is 11.5 Å². The predicted octanol–water partition coefficient (Wildman–Crippen LogP) is 2.90. The smallest absolute Gasteiger partial charge is 0.270 e. The molecule has 1 aliphatic heterocycles. The standard InChI is InChI=1S/C18H19N3O4/c1-11-7-13-9-16(24-2)17(25-3)10-15(13)18(20-19-11)12-5-4-6-14(8-12)21(22)23/h4-6,8-11,19H,7H2,1-3H3/t11-/m1/s1. The van der Waals surface area contributed by atoms with Gasteiger partial charge in [0, 0.05) is 29.3 Å². The van der Waals surface area contributed by atoms with E-state index in [2.05, 4.69) is 10.5 Å². The maximum Gasteiger partial charge on any atom is 0.270 e. The van der Waals surface area contributed by atoms with Crippen molar-refractivity contribution in [1.82, 2.24) is 5.43 Å². The fraction of sp³-hybridized carbons (Fsp3) is 0.278. The number of non-ortho nitro benzene ring substituents is 1. The van der Waals surface area contributed by atoms with Crippen LogP contribution < -0.4 is 14.9 Å². The lowest BCUT2D eigenvalue weighted by atomic mass is 9.94. The van der Waals surface area contributed by atoms with Crippen LogP contribution in [-0.2, 0) is 6.42 Å². The van der Waals surface area contributed by atoms with E-state index in [0.717, 1.165) is 17.5 Å². The second-order valence-corrected chi connectivity index (χ2v) is 5.87. The summed E-state index contributed by atoms with van der Waals surface area (Å²) in [5.41, 5.74) is 6.35. The number of rotatable bonds is 4. The van der Waals surface area contributed by atoms with Gasteiger partial charge in [-0.05, 0) is 31.0 Å². The Morgan fingerprint density at radius 3 is 2.60 bits per heavy atom. The SMILES string of the molecule is COc1cc2c(cc1OC)C(c1cccc([N+](=O)[O-])c1)=NN[C@H](C)C2. The Morgan fingerprint density at radius 1 is 1.20 bits per heavy atom. The molecule has 0 fully saturated rings. The van der Waals surface area contributed by atoms with Gasteiger partial charge < -0.3 is 14.9 Å². The highest BCUT2D eigenvalue weighted by atomic mass is 16.6. The van der Waals surface area contributed by atoms with E-state index < -0.39 is 4.92 Å². The van der Waals surface area contributed by atoms with Crippen molar-refractivity contribution in [2.75, 3.05) is 14.2 Å². The average Bonchev–Trinajstić information content (AvgIpc) is 2.78. The monoisotopic (exact) mass is 341 g/mol. The highest BCUT2D eigenvalue weighted by molar-refractivity contribution is 6.14. The molecular weight excluding hydrogens is 322 g/mol. The predicted molar refractivity (Wildman–Crippen MR) is 94.6 cm³/mol. The van der Waals surface area contributed by atoms with Gasteiger partial charge in [-0.3, -0.25) is 10.1 Å². The summed E-state index contributed by atoms with van der Waals surface area (Å²) in [6.07, 6.45) is 0.748. The Balaban J connectivity index is 2.18. The molecule has 0 saturated carbocycles. The Labute approximate surface area is 145 Å². The third-order valence-electron chi connectivity index (χ3n) is 4.12. The van der Waals surface area contributed by atoms with Gasteiger partial charge in [0.1, 0.15) is 0 Å².